The molecular weight excluding hydrogens is 392 g/mol. The number of sulfonamides is 1. The molecule has 7 heteroatoms. The molecule has 0 aliphatic heterocycles. The predicted octanol–water partition coefficient (Wildman–Crippen LogP) is 3.35. The fourth-order valence-corrected chi connectivity index (χ4v) is 4.74. The Balaban J connectivity index is 1.83. The summed E-state index contributed by atoms with van der Waals surface area (Å²) in [7, 11) is -3.74. The molecule has 0 saturated heterocycles. The van der Waals surface area contributed by atoms with E-state index in [1.54, 1.807) is 30.0 Å². The van der Waals surface area contributed by atoms with E-state index in [1.165, 1.54) is 23.3 Å². The van der Waals surface area contributed by atoms with Crippen LogP contribution in [0.15, 0.2) is 59.5 Å². The largest absolute Gasteiger partial charge is 0.354 e. The van der Waals surface area contributed by atoms with Crippen molar-refractivity contribution in [2.45, 2.75) is 37.5 Å². The van der Waals surface area contributed by atoms with E-state index in [9.17, 15) is 13.2 Å². The molecule has 0 spiro atoms. The van der Waals surface area contributed by atoms with Crippen LogP contribution in [-0.2, 0) is 20.6 Å². The lowest BCUT2D eigenvalue weighted by Crippen LogP contribution is -2.50. The van der Waals surface area contributed by atoms with Crippen molar-refractivity contribution in [2.75, 3.05) is 12.3 Å². The van der Waals surface area contributed by atoms with Gasteiger partial charge in [0, 0.05) is 18.1 Å². The van der Waals surface area contributed by atoms with Crippen molar-refractivity contribution in [1.29, 1.82) is 0 Å². The summed E-state index contributed by atoms with van der Waals surface area (Å²) < 4.78 is 27.6. The molecule has 0 fully saturated rings. The summed E-state index contributed by atoms with van der Waals surface area (Å²) in [6.07, 6.45) is 0. The lowest BCUT2D eigenvalue weighted by atomic mass is 10.1. The van der Waals surface area contributed by atoms with E-state index >= 15 is 0 Å². The Kier molecular flexibility index (Phi) is 8.54. The third kappa shape index (κ3) is 6.96. The third-order valence-electron chi connectivity index (χ3n) is 4.22. The van der Waals surface area contributed by atoms with Crippen molar-refractivity contribution in [3.63, 3.8) is 0 Å². The molecule has 0 aliphatic rings. The average molecular weight is 421 g/mol. The van der Waals surface area contributed by atoms with E-state index in [-0.39, 0.29) is 16.7 Å². The van der Waals surface area contributed by atoms with Gasteiger partial charge in [0.1, 0.15) is 6.04 Å². The maximum absolute atomic E-state index is 12.5. The molecule has 0 bridgehead atoms. The van der Waals surface area contributed by atoms with E-state index in [2.05, 4.69) is 41.2 Å². The van der Waals surface area contributed by atoms with Gasteiger partial charge in [-0.1, -0.05) is 61.9 Å². The number of carbonyl (C=O) groups excluding carboxylic acids is 1. The molecule has 152 valence electrons. The van der Waals surface area contributed by atoms with Gasteiger partial charge < -0.3 is 5.32 Å². The molecule has 2 N–H and O–H groups in total. The van der Waals surface area contributed by atoms with E-state index in [1.807, 2.05) is 13.8 Å². The summed E-state index contributed by atoms with van der Waals surface area (Å²) in [5.74, 6) is 1.17. The number of rotatable bonds is 10. The highest BCUT2D eigenvalue weighted by Gasteiger charge is 2.27. The zero-order chi connectivity index (χ0) is 20.6. The summed E-state index contributed by atoms with van der Waals surface area (Å²) >= 11 is 1.73. The van der Waals surface area contributed by atoms with Crippen molar-refractivity contribution in [2.24, 2.45) is 5.92 Å². The van der Waals surface area contributed by atoms with Gasteiger partial charge in [-0.2, -0.15) is 16.5 Å². The Labute approximate surface area is 172 Å². The van der Waals surface area contributed by atoms with E-state index < -0.39 is 16.1 Å². The number of hydrogen-bond acceptors (Lipinski definition) is 4. The van der Waals surface area contributed by atoms with Gasteiger partial charge >= 0.3 is 0 Å². The average Bonchev–Trinajstić information content (AvgIpc) is 2.67. The minimum absolute atomic E-state index is 0.155. The minimum atomic E-state index is -3.74. The van der Waals surface area contributed by atoms with Crippen LogP contribution in [0.25, 0.3) is 0 Å². The summed E-state index contributed by atoms with van der Waals surface area (Å²) in [5.41, 5.74) is 2.48. The number of nitrogens with one attached hydrogen (secondary N) is 2. The van der Waals surface area contributed by atoms with Gasteiger partial charge in [-0.25, -0.2) is 8.42 Å². The molecule has 0 aliphatic carbocycles. The molecule has 2 aromatic rings. The SMILES string of the molecule is Cc1ccc(CSCCNC(=O)[C@@H](NS(=O)(=O)c2ccccc2)C(C)C)cc1. The molecule has 0 radical (unpaired) electrons. The third-order valence-corrected chi connectivity index (χ3v) is 6.71. The van der Waals surface area contributed by atoms with Crippen LogP contribution in [0, 0.1) is 12.8 Å². The van der Waals surface area contributed by atoms with Gasteiger partial charge in [-0.05, 0) is 30.5 Å². The highest BCUT2D eigenvalue weighted by molar-refractivity contribution is 7.98. The van der Waals surface area contributed by atoms with Crippen LogP contribution in [0.5, 0.6) is 0 Å². The number of benzene rings is 2. The lowest BCUT2D eigenvalue weighted by molar-refractivity contribution is -0.123. The molecular formula is C21H28N2O3S2. The molecule has 28 heavy (non-hydrogen) atoms. The van der Waals surface area contributed by atoms with Crippen LogP contribution in [0.4, 0.5) is 0 Å². The van der Waals surface area contributed by atoms with Crippen LogP contribution >= 0.6 is 11.8 Å². The molecule has 5 nitrogen and oxygen atoms in total. The Morgan fingerprint density at radius 1 is 1.04 bits per heavy atom. The fourth-order valence-electron chi connectivity index (χ4n) is 2.56. The second-order valence-electron chi connectivity index (χ2n) is 6.99. The first-order chi connectivity index (χ1) is 13.3. The van der Waals surface area contributed by atoms with Crippen LogP contribution in [0.1, 0.15) is 25.0 Å². The zero-order valence-electron chi connectivity index (χ0n) is 16.5. The quantitative estimate of drug-likeness (QED) is 0.578. The van der Waals surface area contributed by atoms with Gasteiger partial charge in [0.05, 0.1) is 4.90 Å². The van der Waals surface area contributed by atoms with Crippen LogP contribution in [-0.4, -0.2) is 32.7 Å². The highest BCUT2D eigenvalue weighted by Crippen LogP contribution is 2.13. The molecule has 0 unspecified atom stereocenters. The van der Waals surface area contributed by atoms with E-state index in [0.29, 0.717) is 6.54 Å². The Bertz CT molecular complexity index is 851. The molecule has 1 atom stereocenters. The van der Waals surface area contributed by atoms with Crippen LogP contribution < -0.4 is 10.0 Å². The van der Waals surface area contributed by atoms with Crippen LogP contribution in [0.2, 0.25) is 0 Å². The second kappa shape index (κ2) is 10.6. The van der Waals surface area contributed by atoms with Crippen molar-refractivity contribution >= 4 is 27.7 Å². The number of carbonyl (C=O) groups is 1. The first-order valence-electron chi connectivity index (χ1n) is 9.28. The number of hydrogen-bond donors (Lipinski definition) is 2. The Morgan fingerprint density at radius 3 is 2.29 bits per heavy atom. The van der Waals surface area contributed by atoms with Gasteiger partial charge in [0.25, 0.3) is 0 Å². The Hall–Kier alpha value is -1.83. The predicted molar refractivity (Wildman–Crippen MR) is 116 cm³/mol. The highest BCUT2D eigenvalue weighted by atomic mass is 32.2. The number of thioether (sulfide) groups is 1. The second-order valence-corrected chi connectivity index (χ2v) is 9.80. The van der Waals surface area contributed by atoms with Crippen molar-refractivity contribution in [3.8, 4) is 0 Å². The molecule has 2 rings (SSSR count). The normalized spacial score (nSPS) is 12.7. The standard InChI is InChI=1S/C21H28N2O3S2/c1-16(2)20(23-28(25,26)19-7-5-4-6-8-19)21(24)22-13-14-27-15-18-11-9-17(3)10-12-18/h4-12,16,20,23H,13-15H2,1-3H3,(H,22,24)/t20-/m0/s1. The first kappa shape index (κ1) is 22.5. The maximum Gasteiger partial charge on any atom is 0.241 e. The van der Waals surface area contributed by atoms with E-state index in [4.69, 9.17) is 0 Å². The monoisotopic (exact) mass is 420 g/mol. The van der Waals surface area contributed by atoms with Crippen molar-refractivity contribution < 1.29 is 13.2 Å². The van der Waals surface area contributed by atoms with Gasteiger partial charge in [-0.3, -0.25) is 4.79 Å². The maximum atomic E-state index is 12.5. The molecule has 2 aromatic carbocycles. The molecule has 0 heterocycles. The number of aryl methyl sites for hydroxylation is 1. The zero-order valence-corrected chi connectivity index (χ0v) is 18.1. The molecule has 1 amide bonds. The fraction of sp³-hybridized carbons (Fsp3) is 0.381. The molecule has 0 saturated carbocycles. The summed E-state index contributed by atoms with van der Waals surface area (Å²) in [6, 6.07) is 15.7. The van der Waals surface area contributed by atoms with Gasteiger partial charge in [0.2, 0.25) is 15.9 Å². The van der Waals surface area contributed by atoms with E-state index in [0.717, 1.165) is 11.5 Å². The first-order valence-corrected chi connectivity index (χ1v) is 11.9. The summed E-state index contributed by atoms with van der Waals surface area (Å²) in [6.45, 7) is 6.20. The van der Waals surface area contributed by atoms with Crippen molar-refractivity contribution in [3.05, 3.63) is 65.7 Å². The molecule has 0 aromatic heterocycles. The van der Waals surface area contributed by atoms with Crippen LogP contribution in [0.3, 0.4) is 0 Å². The van der Waals surface area contributed by atoms with Crippen molar-refractivity contribution in [1.82, 2.24) is 10.0 Å². The van der Waals surface area contributed by atoms with Gasteiger partial charge in [-0.15, -0.1) is 0 Å². The van der Waals surface area contributed by atoms with Gasteiger partial charge in [0.15, 0.2) is 0 Å². The lowest BCUT2D eigenvalue weighted by Gasteiger charge is -2.21. The summed E-state index contributed by atoms with van der Waals surface area (Å²) in [4.78, 5) is 12.7. The number of amides is 1. The Morgan fingerprint density at radius 2 is 1.68 bits per heavy atom. The minimum Gasteiger partial charge on any atom is -0.354 e. The topological polar surface area (TPSA) is 75.3 Å². The summed E-state index contributed by atoms with van der Waals surface area (Å²) in [5, 5.41) is 2.85. The smallest absolute Gasteiger partial charge is 0.241 e.